The Morgan fingerprint density at radius 2 is 1.46 bits per heavy atom. The van der Waals surface area contributed by atoms with Crippen molar-refractivity contribution < 1.29 is 9.59 Å². The second-order valence-corrected chi connectivity index (χ2v) is 6.32. The number of allylic oxidation sites excluding steroid dienone is 5. The number of hydrogen-bond donors (Lipinski definition) is 0. The van der Waals surface area contributed by atoms with Crippen LogP contribution in [-0.4, -0.2) is 18.1 Å². The molecule has 0 saturated heterocycles. The fourth-order valence-corrected chi connectivity index (χ4v) is 3.74. The summed E-state index contributed by atoms with van der Waals surface area (Å²) >= 11 is 0. The standard InChI is InChI=1S/C23H19NO2/c1-3-9-15-14-19(16-10-7-8-13-20(16)24(15)4-2)21-22(25)17-11-5-6-12-18(17)23(21)26/h3,5-14H,4H2,1-2H3/b9-3+. The minimum absolute atomic E-state index is 0.184. The van der Waals surface area contributed by atoms with Crippen molar-refractivity contribution in [3.8, 4) is 0 Å². The van der Waals surface area contributed by atoms with Gasteiger partial charge in [0.15, 0.2) is 11.6 Å². The highest BCUT2D eigenvalue weighted by Crippen LogP contribution is 2.41. The Labute approximate surface area is 153 Å². The number of anilines is 1. The van der Waals surface area contributed by atoms with Crippen LogP contribution < -0.4 is 4.90 Å². The van der Waals surface area contributed by atoms with Crippen molar-refractivity contribution in [3.05, 3.63) is 94.7 Å². The van der Waals surface area contributed by atoms with Gasteiger partial charge in [0.25, 0.3) is 0 Å². The molecule has 0 saturated carbocycles. The monoisotopic (exact) mass is 341 g/mol. The van der Waals surface area contributed by atoms with Crippen molar-refractivity contribution in [1.82, 2.24) is 0 Å². The first kappa shape index (κ1) is 16.3. The summed E-state index contributed by atoms with van der Waals surface area (Å²) in [4.78, 5) is 28.2. The van der Waals surface area contributed by atoms with Crippen molar-refractivity contribution in [2.45, 2.75) is 13.8 Å². The lowest BCUT2D eigenvalue weighted by Crippen LogP contribution is -2.25. The lowest BCUT2D eigenvalue weighted by Gasteiger charge is -2.31. The molecule has 0 bridgehead atoms. The van der Waals surface area contributed by atoms with Crippen molar-refractivity contribution >= 4 is 22.8 Å². The van der Waals surface area contributed by atoms with Gasteiger partial charge in [-0.25, -0.2) is 0 Å². The predicted octanol–water partition coefficient (Wildman–Crippen LogP) is 4.82. The molecule has 2 aromatic rings. The summed E-state index contributed by atoms with van der Waals surface area (Å²) < 4.78 is 0. The van der Waals surface area contributed by atoms with Gasteiger partial charge in [0.2, 0.25) is 0 Å². The molecule has 3 nitrogen and oxygen atoms in total. The molecular weight excluding hydrogens is 322 g/mol. The lowest BCUT2D eigenvalue weighted by atomic mass is 9.91. The molecule has 1 aliphatic carbocycles. The van der Waals surface area contributed by atoms with Crippen LogP contribution in [0.5, 0.6) is 0 Å². The average molecular weight is 341 g/mol. The molecule has 0 radical (unpaired) electrons. The Morgan fingerprint density at radius 1 is 0.885 bits per heavy atom. The summed E-state index contributed by atoms with van der Waals surface area (Å²) in [6, 6.07) is 15.0. The molecule has 0 fully saturated rings. The second-order valence-electron chi connectivity index (χ2n) is 6.32. The van der Waals surface area contributed by atoms with Crippen molar-refractivity contribution in [2.24, 2.45) is 0 Å². The number of nitrogens with zero attached hydrogens (tertiary/aromatic N) is 1. The lowest BCUT2D eigenvalue weighted by molar-refractivity contribution is 0.0990. The average Bonchev–Trinajstić information content (AvgIpc) is 2.92. The summed E-state index contributed by atoms with van der Waals surface area (Å²) in [7, 11) is 0. The first-order valence-electron chi connectivity index (χ1n) is 8.81. The van der Waals surface area contributed by atoms with Gasteiger partial charge in [0.1, 0.15) is 0 Å². The summed E-state index contributed by atoms with van der Waals surface area (Å²) in [6.07, 6.45) is 5.94. The number of rotatable bonds is 2. The normalized spacial score (nSPS) is 16.2. The van der Waals surface area contributed by atoms with Gasteiger partial charge in [0, 0.05) is 40.2 Å². The van der Waals surface area contributed by atoms with Crippen LogP contribution in [0.15, 0.2) is 78.0 Å². The van der Waals surface area contributed by atoms with Crippen LogP contribution in [0.2, 0.25) is 0 Å². The number of likely N-dealkylation sites (N-methyl/N-ethyl adjacent to an activating group) is 1. The van der Waals surface area contributed by atoms with E-state index < -0.39 is 0 Å². The topological polar surface area (TPSA) is 37.4 Å². The van der Waals surface area contributed by atoms with Gasteiger partial charge in [-0.2, -0.15) is 0 Å². The first-order chi connectivity index (χ1) is 12.7. The van der Waals surface area contributed by atoms with E-state index in [1.165, 1.54) is 0 Å². The van der Waals surface area contributed by atoms with E-state index >= 15 is 0 Å². The predicted molar refractivity (Wildman–Crippen MR) is 104 cm³/mol. The third kappa shape index (κ3) is 2.28. The summed E-state index contributed by atoms with van der Waals surface area (Å²) in [5.41, 5.74) is 4.90. The van der Waals surface area contributed by atoms with E-state index in [0.717, 1.165) is 23.5 Å². The van der Waals surface area contributed by atoms with Gasteiger partial charge in [-0.05, 0) is 32.1 Å². The van der Waals surface area contributed by atoms with Gasteiger partial charge >= 0.3 is 0 Å². The number of Topliss-reactive ketones (excluding diaryl/α,β-unsaturated/α-hetero) is 2. The Balaban J connectivity index is 2.02. The molecule has 3 heteroatoms. The molecule has 4 rings (SSSR count). The molecular formula is C23H19NO2. The number of carbonyl (C=O) groups excluding carboxylic acids is 2. The summed E-state index contributed by atoms with van der Waals surface area (Å²) in [6.45, 7) is 4.86. The Morgan fingerprint density at radius 3 is 2.04 bits per heavy atom. The highest BCUT2D eigenvalue weighted by Gasteiger charge is 2.36. The minimum atomic E-state index is -0.184. The Kier molecular flexibility index (Phi) is 3.92. The molecule has 0 amide bonds. The molecule has 26 heavy (non-hydrogen) atoms. The fraction of sp³-hybridized carbons (Fsp3) is 0.130. The van der Waals surface area contributed by atoms with Crippen LogP contribution in [0.3, 0.4) is 0 Å². The number of fused-ring (bicyclic) bond motifs is 2. The first-order valence-corrected chi connectivity index (χ1v) is 8.81. The molecule has 0 unspecified atom stereocenters. The number of carbonyl (C=O) groups is 2. The maximum absolute atomic E-state index is 13.0. The second kappa shape index (κ2) is 6.26. The van der Waals surface area contributed by atoms with Crippen molar-refractivity contribution in [2.75, 3.05) is 11.4 Å². The molecule has 2 aromatic carbocycles. The van der Waals surface area contributed by atoms with Gasteiger partial charge in [-0.1, -0.05) is 48.5 Å². The highest BCUT2D eigenvalue weighted by atomic mass is 16.2. The van der Waals surface area contributed by atoms with Gasteiger partial charge < -0.3 is 4.90 Å². The molecule has 128 valence electrons. The zero-order chi connectivity index (χ0) is 18.3. The quantitative estimate of drug-likeness (QED) is 0.580. The molecule has 0 atom stereocenters. The van der Waals surface area contributed by atoms with E-state index in [0.29, 0.717) is 16.7 Å². The number of para-hydroxylation sites is 1. The van der Waals surface area contributed by atoms with Crippen LogP contribution in [0, 0.1) is 0 Å². The largest absolute Gasteiger partial charge is 0.341 e. The highest BCUT2D eigenvalue weighted by molar-refractivity contribution is 6.43. The molecule has 0 aromatic heterocycles. The molecule has 1 aliphatic heterocycles. The van der Waals surface area contributed by atoms with E-state index in [4.69, 9.17) is 0 Å². The van der Waals surface area contributed by atoms with Crippen LogP contribution in [-0.2, 0) is 0 Å². The number of ketones is 2. The SMILES string of the molecule is C/C=C/C1=CC(=C2C(=O)c3ccccc3C2=O)c2ccccc2N1CC. The van der Waals surface area contributed by atoms with Crippen LogP contribution in [0.1, 0.15) is 40.1 Å². The van der Waals surface area contributed by atoms with Gasteiger partial charge in [-0.3, -0.25) is 9.59 Å². The van der Waals surface area contributed by atoms with E-state index in [1.54, 1.807) is 24.3 Å². The van der Waals surface area contributed by atoms with Gasteiger partial charge in [-0.15, -0.1) is 0 Å². The zero-order valence-corrected chi connectivity index (χ0v) is 14.8. The Hall–Kier alpha value is -3.20. The van der Waals surface area contributed by atoms with Gasteiger partial charge in [0.05, 0.1) is 5.57 Å². The fourth-order valence-electron chi connectivity index (χ4n) is 3.74. The van der Waals surface area contributed by atoms with Crippen molar-refractivity contribution in [3.63, 3.8) is 0 Å². The number of benzene rings is 2. The maximum Gasteiger partial charge on any atom is 0.198 e. The van der Waals surface area contributed by atoms with E-state index in [9.17, 15) is 9.59 Å². The zero-order valence-electron chi connectivity index (χ0n) is 14.8. The van der Waals surface area contributed by atoms with Crippen LogP contribution in [0.25, 0.3) is 5.57 Å². The van der Waals surface area contributed by atoms with E-state index in [2.05, 4.69) is 11.8 Å². The molecule has 2 aliphatic rings. The molecule has 0 spiro atoms. The molecule has 0 N–H and O–H groups in total. The molecule has 1 heterocycles. The third-order valence-corrected chi connectivity index (χ3v) is 4.88. The smallest absolute Gasteiger partial charge is 0.198 e. The van der Waals surface area contributed by atoms with Crippen LogP contribution in [0.4, 0.5) is 5.69 Å². The van der Waals surface area contributed by atoms with E-state index in [-0.39, 0.29) is 17.1 Å². The van der Waals surface area contributed by atoms with Crippen molar-refractivity contribution in [1.29, 1.82) is 0 Å². The minimum Gasteiger partial charge on any atom is -0.341 e. The third-order valence-electron chi connectivity index (χ3n) is 4.88. The maximum atomic E-state index is 13.0. The Bertz CT molecular complexity index is 987. The van der Waals surface area contributed by atoms with Crippen LogP contribution >= 0.6 is 0 Å². The summed E-state index contributed by atoms with van der Waals surface area (Å²) in [5, 5.41) is 0. The summed E-state index contributed by atoms with van der Waals surface area (Å²) in [5.74, 6) is -0.368. The van der Waals surface area contributed by atoms with E-state index in [1.807, 2.05) is 49.4 Å². The number of hydrogen-bond acceptors (Lipinski definition) is 3.